The summed E-state index contributed by atoms with van der Waals surface area (Å²) in [5.41, 5.74) is 3.76. The third-order valence-corrected chi connectivity index (χ3v) is 5.45. The van der Waals surface area contributed by atoms with E-state index in [1.54, 1.807) is 37.4 Å². The van der Waals surface area contributed by atoms with Gasteiger partial charge in [0.15, 0.2) is 0 Å². The summed E-state index contributed by atoms with van der Waals surface area (Å²) >= 11 is 0. The fraction of sp³-hybridized carbons (Fsp3) is 0.0357. The van der Waals surface area contributed by atoms with E-state index in [4.69, 9.17) is 4.74 Å². The molecule has 0 saturated heterocycles. The van der Waals surface area contributed by atoms with Crippen LogP contribution < -0.4 is 15.5 Å². The Kier molecular flexibility index (Phi) is 7.65. The summed E-state index contributed by atoms with van der Waals surface area (Å²) in [5.74, 6) is -0.600. The summed E-state index contributed by atoms with van der Waals surface area (Å²) in [6.45, 7) is 0. The first-order valence-corrected chi connectivity index (χ1v) is 11.2. The van der Waals surface area contributed by atoms with Gasteiger partial charge in [0.05, 0.1) is 18.2 Å². The van der Waals surface area contributed by atoms with E-state index >= 15 is 0 Å². The number of methoxy groups -OCH3 is 1. The number of nitrogens with one attached hydrogen (secondary N) is 2. The molecule has 0 radical (unpaired) electrons. The Hall–Kier alpha value is -5.31. The molecule has 184 valence electrons. The Morgan fingerprint density at radius 1 is 0.919 bits per heavy atom. The number of nitro benzene ring substituents is 1. The van der Waals surface area contributed by atoms with Gasteiger partial charge in [-0.1, -0.05) is 48.5 Å². The Labute approximate surface area is 212 Å². The Bertz CT molecular complexity index is 1510. The van der Waals surface area contributed by atoms with E-state index in [-0.39, 0.29) is 11.4 Å². The quantitative estimate of drug-likeness (QED) is 0.159. The van der Waals surface area contributed by atoms with Crippen molar-refractivity contribution in [1.29, 1.82) is 0 Å². The zero-order valence-electron chi connectivity index (χ0n) is 19.8. The number of hydrogen-bond donors (Lipinski definition) is 2. The number of non-ortho nitro benzene ring substituents is 1. The van der Waals surface area contributed by atoms with Gasteiger partial charge in [0.2, 0.25) is 0 Å². The molecule has 4 aromatic rings. The summed E-state index contributed by atoms with van der Waals surface area (Å²) in [4.78, 5) is 36.2. The number of rotatable bonds is 8. The van der Waals surface area contributed by atoms with Gasteiger partial charge in [-0.2, -0.15) is 5.10 Å². The lowest BCUT2D eigenvalue weighted by Gasteiger charge is -2.10. The fourth-order valence-electron chi connectivity index (χ4n) is 3.60. The van der Waals surface area contributed by atoms with Crippen molar-refractivity contribution in [3.63, 3.8) is 0 Å². The largest absolute Gasteiger partial charge is 0.496 e. The molecule has 0 aliphatic heterocycles. The summed E-state index contributed by atoms with van der Waals surface area (Å²) in [6, 6.07) is 25.4. The van der Waals surface area contributed by atoms with Crippen LogP contribution in [0, 0.1) is 10.1 Å². The average molecular weight is 495 g/mol. The van der Waals surface area contributed by atoms with E-state index in [0.29, 0.717) is 22.4 Å². The van der Waals surface area contributed by atoms with E-state index in [1.807, 2.05) is 36.4 Å². The van der Waals surface area contributed by atoms with Crippen LogP contribution in [-0.4, -0.2) is 30.1 Å². The second-order valence-electron chi connectivity index (χ2n) is 7.83. The molecule has 0 unspecified atom stereocenters. The van der Waals surface area contributed by atoms with Crippen molar-refractivity contribution in [2.24, 2.45) is 5.10 Å². The standard InChI is InChI=1S/C28H22N4O5/c1-37-26-16-13-20-7-5-6-10-23(20)24(26)18-29-31-28(34)25(30-27(33)21-8-3-2-4-9-21)17-19-11-14-22(15-12-19)32(35)36/h2-18H,1H3,(H,30,33)(H,31,34)/b25-17+,29-18+. The highest BCUT2D eigenvalue weighted by molar-refractivity contribution is 6.06. The molecule has 4 rings (SSSR count). The lowest BCUT2D eigenvalue weighted by atomic mass is 10.0. The smallest absolute Gasteiger partial charge is 0.287 e. The van der Waals surface area contributed by atoms with Crippen molar-refractivity contribution >= 4 is 40.6 Å². The lowest BCUT2D eigenvalue weighted by molar-refractivity contribution is -0.384. The van der Waals surface area contributed by atoms with Crippen LogP contribution in [-0.2, 0) is 4.79 Å². The number of ether oxygens (including phenoxy) is 1. The first kappa shape index (κ1) is 24.8. The van der Waals surface area contributed by atoms with Crippen molar-refractivity contribution in [1.82, 2.24) is 10.7 Å². The predicted molar refractivity (Wildman–Crippen MR) is 141 cm³/mol. The van der Waals surface area contributed by atoms with Gasteiger partial charge in [-0.05, 0) is 52.7 Å². The molecule has 0 spiro atoms. The number of hydrogen-bond acceptors (Lipinski definition) is 6. The van der Waals surface area contributed by atoms with Gasteiger partial charge < -0.3 is 10.1 Å². The number of hydrazone groups is 1. The molecular formula is C28H22N4O5. The zero-order valence-corrected chi connectivity index (χ0v) is 19.8. The fourth-order valence-corrected chi connectivity index (χ4v) is 3.60. The predicted octanol–water partition coefficient (Wildman–Crippen LogP) is 4.68. The van der Waals surface area contributed by atoms with E-state index in [1.165, 1.54) is 36.6 Å². The van der Waals surface area contributed by atoms with E-state index < -0.39 is 16.7 Å². The number of nitrogens with zero attached hydrogens (tertiary/aromatic N) is 2. The second kappa shape index (κ2) is 11.4. The van der Waals surface area contributed by atoms with Crippen molar-refractivity contribution < 1.29 is 19.2 Å². The Morgan fingerprint density at radius 3 is 2.32 bits per heavy atom. The molecule has 0 aromatic heterocycles. The van der Waals surface area contributed by atoms with E-state index in [9.17, 15) is 19.7 Å². The van der Waals surface area contributed by atoms with Crippen LogP contribution in [0.25, 0.3) is 16.8 Å². The maximum absolute atomic E-state index is 13.1. The third kappa shape index (κ3) is 6.04. The number of amides is 2. The summed E-state index contributed by atoms with van der Waals surface area (Å²) in [6.07, 6.45) is 2.88. The molecule has 37 heavy (non-hydrogen) atoms. The third-order valence-electron chi connectivity index (χ3n) is 5.45. The number of fused-ring (bicyclic) bond motifs is 1. The minimum absolute atomic E-state index is 0.0925. The van der Waals surface area contributed by atoms with Crippen LogP contribution >= 0.6 is 0 Å². The van der Waals surface area contributed by atoms with Crippen LogP contribution in [0.5, 0.6) is 5.75 Å². The molecule has 0 aliphatic carbocycles. The first-order valence-electron chi connectivity index (χ1n) is 11.2. The molecule has 9 nitrogen and oxygen atoms in total. The molecule has 4 aromatic carbocycles. The van der Waals surface area contributed by atoms with Crippen molar-refractivity contribution in [3.05, 3.63) is 123 Å². The maximum Gasteiger partial charge on any atom is 0.287 e. The van der Waals surface area contributed by atoms with Crippen LogP contribution in [0.15, 0.2) is 102 Å². The number of nitro groups is 1. The van der Waals surface area contributed by atoms with Gasteiger partial charge in [0.1, 0.15) is 11.4 Å². The van der Waals surface area contributed by atoms with E-state index in [0.717, 1.165) is 10.8 Å². The highest BCUT2D eigenvalue weighted by Crippen LogP contribution is 2.26. The zero-order chi connectivity index (χ0) is 26.2. The SMILES string of the molecule is COc1ccc2ccccc2c1/C=N/NC(=O)/C(=C\c1ccc([N+](=O)[O-])cc1)NC(=O)c1ccccc1. The number of carbonyl (C=O) groups excluding carboxylic acids is 2. The molecule has 2 N–H and O–H groups in total. The second-order valence-corrected chi connectivity index (χ2v) is 7.83. The Balaban J connectivity index is 1.61. The molecule has 0 heterocycles. The van der Waals surface area contributed by atoms with Crippen molar-refractivity contribution in [2.45, 2.75) is 0 Å². The van der Waals surface area contributed by atoms with Crippen LogP contribution in [0.4, 0.5) is 5.69 Å². The molecule has 9 heteroatoms. The van der Waals surface area contributed by atoms with Crippen LogP contribution in [0.1, 0.15) is 21.5 Å². The van der Waals surface area contributed by atoms with Gasteiger partial charge >= 0.3 is 0 Å². The minimum atomic E-state index is -0.682. The summed E-state index contributed by atoms with van der Waals surface area (Å²) in [5, 5.41) is 19.5. The topological polar surface area (TPSA) is 123 Å². The highest BCUT2D eigenvalue weighted by Gasteiger charge is 2.15. The average Bonchev–Trinajstić information content (AvgIpc) is 2.93. The molecular weight excluding hydrogens is 472 g/mol. The van der Waals surface area contributed by atoms with Crippen LogP contribution in [0.3, 0.4) is 0 Å². The van der Waals surface area contributed by atoms with Crippen molar-refractivity contribution in [3.8, 4) is 5.75 Å². The van der Waals surface area contributed by atoms with Crippen molar-refractivity contribution in [2.75, 3.05) is 7.11 Å². The van der Waals surface area contributed by atoms with Gasteiger partial charge in [-0.25, -0.2) is 5.43 Å². The summed E-state index contributed by atoms with van der Waals surface area (Å²) in [7, 11) is 1.55. The molecule has 0 fully saturated rings. The van der Waals surface area contributed by atoms with Gasteiger partial charge in [0.25, 0.3) is 17.5 Å². The summed E-state index contributed by atoms with van der Waals surface area (Å²) < 4.78 is 5.45. The normalized spacial score (nSPS) is 11.3. The molecule has 0 bridgehead atoms. The minimum Gasteiger partial charge on any atom is -0.496 e. The molecule has 0 aliphatic rings. The van der Waals surface area contributed by atoms with Gasteiger partial charge in [0, 0.05) is 23.3 Å². The molecule has 0 saturated carbocycles. The highest BCUT2D eigenvalue weighted by atomic mass is 16.6. The maximum atomic E-state index is 13.1. The van der Waals surface area contributed by atoms with E-state index in [2.05, 4.69) is 15.8 Å². The molecule has 2 amide bonds. The van der Waals surface area contributed by atoms with Gasteiger partial charge in [-0.15, -0.1) is 0 Å². The van der Waals surface area contributed by atoms with Gasteiger partial charge in [-0.3, -0.25) is 19.7 Å². The number of carbonyl (C=O) groups is 2. The monoisotopic (exact) mass is 494 g/mol. The lowest BCUT2D eigenvalue weighted by Crippen LogP contribution is -2.32. The Morgan fingerprint density at radius 2 is 1.62 bits per heavy atom. The molecule has 0 atom stereocenters. The van der Waals surface area contributed by atoms with Crippen LogP contribution in [0.2, 0.25) is 0 Å². The first-order chi connectivity index (χ1) is 18.0. The number of benzene rings is 4.